The van der Waals surface area contributed by atoms with E-state index in [-0.39, 0.29) is 0 Å². The molecular weight excluding hydrogens is 142 g/mol. The highest BCUT2D eigenvalue weighted by atomic mass is 14.3. The first-order valence-corrected chi connectivity index (χ1v) is 5.39. The Hall–Kier alpha value is 0.130. The van der Waals surface area contributed by atoms with Crippen LogP contribution in [0.15, 0.2) is 0 Å². The Labute approximate surface area is 79.3 Å². The lowest BCUT2D eigenvalue weighted by Crippen LogP contribution is -2.27. The molecule has 0 aromatic heterocycles. The lowest BCUT2D eigenvalue weighted by Gasteiger charge is -2.38. The molecule has 1 fully saturated rings. The van der Waals surface area contributed by atoms with E-state index in [1.54, 1.807) is 0 Å². The van der Waals surface area contributed by atoms with Crippen molar-refractivity contribution in [2.45, 2.75) is 45.2 Å². The molecule has 1 saturated carbocycles. The standard InChI is InChI=1S/C10H22B2/c1-7-4-9(5-7)6-8(2)10(3,11)12/h7-9H,4-6,11-12H2,1-3H3. The Morgan fingerprint density at radius 2 is 1.92 bits per heavy atom. The summed E-state index contributed by atoms with van der Waals surface area (Å²) in [6, 6.07) is 0. The molecule has 0 spiro atoms. The summed E-state index contributed by atoms with van der Waals surface area (Å²) in [6.07, 6.45) is 4.43. The van der Waals surface area contributed by atoms with Crippen LogP contribution in [0.2, 0.25) is 5.21 Å². The summed E-state index contributed by atoms with van der Waals surface area (Å²) in [5.41, 5.74) is 0. The van der Waals surface area contributed by atoms with E-state index in [1.807, 2.05) is 0 Å². The fourth-order valence-corrected chi connectivity index (χ4v) is 2.12. The smallest absolute Gasteiger partial charge is 0.0847 e. The van der Waals surface area contributed by atoms with Crippen LogP contribution in [0.4, 0.5) is 0 Å². The van der Waals surface area contributed by atoms with Crippen LogP contribution < -0.4 is 0 Å². The number of hydrogen-bond acceptors (Lipinski definition) is 0. The van der Waals surface area contributed by atoms with Crippen molar-refractivity contribution in [2.75, 3.05) is 0 Å². The van der Waals surface area contributed by atoms with Gasteiger partial charge in [0.2, 0.25) is 0 Å². The van der Waals surface area contributed by atoms with Crippen LogP contribution in [0.3, 0.4) is 0 Å². The minimum atomic E-state index is 0.513. The van der Waals surface area contributed by atoms with Gasteiger partial charge in [-0.25, -0.2) is 0 Å². The van der Waals surface area contributed by atoms with Gasteiger partial charge in [0.1, 0.15) is 0 Å². The highest BCUT2D eigenvalue weighted by Gasteiger charge is 2.30. The summed E-state index contributed by atoms with van der Waals surface area (Å²) in [5, 5.41) is 0.513. The predicted octanol–water partition coefficient (Wildman–Crippen LogP) is 1.46. The molecule has 1 rings (SSSR count). The summed E-state index contributed by atoms with van der Waals surface area (Å²) in [4.78, 5) is 0. The molecule has 68 valence electrons. The van der Waals surface area contributed by atoms with Crippen molar-refractivity contribution >= 4 is 15.7 Å². The second-order valence-corrected chi connectivity index (χ2v) is 5.95. The van der Waals surface area contributed by atoms with Gasteiger partial charge in [-0.1, -0.05) is 31.9 Å². The predicted molar refractivity (Wildman–Crippen MR) is 61.1 cm³/mol. The summed E-state index contributed by atoms with van der Waals surface area (Å²) in [7, 11) is 4.72. The molecule has 1 atom stereocenters. The summed E-state index contributed by atoms with van der Waals surface area (Å²) < 4.78 is 0. The molecule has 2 heteroatoms. The minimum Gasteiger partial charge on any atom is -0.0847 e. The summed E-state index contributed by atoms with van der Waals surface area (Å²) >= 11 is 0. The second kappa shape index (κ2) is 3.47. The van der Waals surface area contributed by atoms with E-state index in [4.69, 9.17) is 0 Å². The fourth-order valence-electron chi connectivity index (χ4n) is 2.12. The zero-order valence-corrected chi connectivity index (χ0v) is 9.35. The molecule has 0 aromatic carbocycles. The lowest BCUT2D eigenvalue weighted by molar-refractivity contribution is 0.172. The van der Waals surface area contributed by atoms with Crippen LogP contribution in [0, 0.1) is 17.8 Å². The van der Waals surface area contributed by atoms with Crippen molar-refractivity contribution in [3.8, 4) is 0 Å². The van der Waals surface area contributed by atoms with Crippen LogP contribution >= 0.6 is 0 Å². The molecule has 12 heavy (non-hydrogen) atoms. The average molecular weight is 164 g/mol. The topological polar surface area (TPSA) is 0 Å². The molecule has 0 nitrogen and oxygen atoms in total. The Balaban J connectivity index is 2.23. The molecule has 0 N–H and O–H groups in total. The molecule has 1 aliphatic carbocycles. The van der Waals surface area contributed by atoms with Gasteiger partial charge in [0.05, 0.1) is 15.7 Å². The van der Waals surface area contributed by atoms with Gasteiger partial charge in [0.15, 0.2) is 0 Å². The van der Waals surface area contributed by atoms with Crippen LogP contribution in [0.25, 0.3) is 0 Å². The van der Waals surface area contributed by atoms with E-state index in [2.05, 4.69) is 36.5 Å². The van der Waals surface area contributed by atoms with E-state index in [0.29, 0.717) is 5.21 Å². The molecule has 0 amide bonds. The first-order valence-electron chi connectivity index (χ1n) is 5.39. The van der Waals surface area contributed by atoms with Crippen LogP contribution in [0.1, 0.15) is 40.0 Å². The third-order valence-corrected chi connectivity index (χ3v) is 3.64. The average Bonchev–Trinajstić information content (AvgIpc) is 1.82. The van der Waals surface area contributed by atoms with Crippen molar-refractivity contribution in [3.05, 3.63) is 0 Å². The molecule has 0 radical (unpaired) electrons. The van der Waals surface area contributed by atoms with Gasteiger partial charge in [0, 0.05) is 0 Å². The molecule has 0 saturated heterocycles. The Morgan fingerprint density at radius 1 is 1.42 bits per heavy atom. The largest absolute Gasteiger partial charge is 0.0992 e. The third kappa shape index (κ3) is 2.57. The van der Waals surface area contributed by atoms with Gasteiger partial charge >= 0.3 is 0 Å². The molecule has 0 aliphatic heterocycles. The van der Waals surface area contributed by atoms with Crippen molar-refractivity contribution in [2.24, 2.45) is 17.8 Å². The van der Waals surface area contributed by atoms with E-state index in [1.165, 1.54) is 19.3 Å². The number of hydrogen-bond donors (Lipinski definition) is 0. The maximum atomic E-state index is 2.41. The van der Waals surface area contributed by atoms with Crippen LogP contribution in [-0.2, 0) is 0 Å². The van der Waals surface area contributed by atoms with Crippen LogP contribution in [0.5, 0.6) is 0 Å². The fraction of sp³-hybridized carbons (Fsp3) is 1.00. The van der Waals surface area contributed by atoms with E-state index < -0.39 is 0 Å². The molecule has 1 aliphatic rings. The molecule has 1 unspecified atom stereocenters. The molecule has 0 heterocycles. The van der Waals surface area contributed by atoms with Crippen molar-refractivity contribution in [1.29, 1.82) is 0 Å². The van der Waals surface area contributed by atoms with Gasteiger partial charge in [0.25, 0.3) is 0 Å². The van der Waals surface area contributed by atoms with E-state index in [0.717, 1.165) is 17.8 Å². The zero-order valence-electron chi connectivity index (χ0n) is 9.35. The van der Waals surface area contributed by atoms with E-state index >= 15 is 0 Å². The maximum Gasteiger partial charge on any atom is 0.0992 e. The van der Waals surface area contributed by atoms with Crippen molar-refractivity contribution in [3.63, 3.8) is 0 Å². The summed E-state index contributed by atoms with van der Waals surface area (Å²) in [6.45, 7) is 7.14. The van der Waals surface area contributed by atoms with Gasteiger partial charge in [-0.05, 0) is 31.1 Å². The molecule has 0 bridgehead atoms. The molecular formula is C10H22B2. The first-order chi connectivity index (χ1) is 5.39. The quantitative estimate of drug-likeness (QED) is 0.553. The third-order valence-electron chi connectivity index (χ3n) is 3.64. The highest BCUT2D eigenvalue weighted by Crippen LogP contribution is 2.41. The van der Waals surface area contributed by atoms with Crippen molar-refractivity contribution in [1.82, 2.24) is 0 Å². The normalized spacial score (nSPS) is 32.6. The van der Waals surface area contributed by atoms with Gasteiger partial charge in [-0.2, -0.15) is 0 Å². The van der Waals surface area contributed by atoms with Crippen LogP contribution in [-0.4, -0.2) is 15.7 Å². The highest BCUT2D eigenvalue weighted by molar-refractivity contribution is 6.39. The molecule has 0 aromatic rings. The second-order valence-electron chi connectivity index (χ2n) is 5.95. The van der Waals surface area contributed by atoms with Gasteiger partial charge < -0.3 is 0 Å². The Morgan fingerprint density at radius 3 is 2.25 bits per heavy atom. The van der Waals surface area contributed by atoms with Crippen molar-refractivity contribution < 1.29 is 0 Å². The zero-order chi connectivity index (χ0) is 9.35. The van der Waals surface area contributed by atoms with Gasteiger partial charge in [-0.3, -0.25) is 0 Å². The Kier molecular flexibility index (Phi) is 2.96. The van der Waals surface area contributed by atoms with Gasteiger partial charge in [-0.15, -0.1) is 0 Å². The first kappa shape index (κ1) is 10.2. The lowest BCUT2D eigenvalue weighted by atomic mass is 9.48. The summed E-state index contributed by atoms with van der Waals surface area (Å²) in [5.74, 6) is 2.95. The monoisotopic (exact) mass is 164 g/mol. The number of rotatable bonds is 3. The van der Waals surface area contributed by atoms with E-state index in [9.17, 15) is 0 Å². The maximum absolute atomic E-state index is 2.41. The Bertz CT molecular complexity index is 142. The SMILES string of the molecule is BC(B)(C)C(C)CC1CC(C)C1. The minimum absolute atomic E-state index is 0.513.